The van der Waals surface area contributed by atoms with Gasteiger partial charge in [0.15, 0.2) is 0 Å². The number of thiazole rings is 3. The number of hydrazone groups is 3. The third kappa shape index (κ3) is 46.6. The molecule has 48 heteroatoms. The molecule has 0 aliphatic rings. The zero-order valence-corrected chi connectivity index (χ0v) is 84.3. The van der Waals surface area contributed by atoms with Gasteiger partial charge in [-0.1, -0.05) is 110 Å². The molecular formula is C102H105N9O36S3. The fourth-order valence-corrected chi connectivity index (χ4v) is 13.7. The van der Waals surface area contributed by atoms with Crippen molar-refractivity contribution in [1.29, 1.82) is 0 Å². The van der Waals surface area contributed by atoms with Gasteiger partial charge in [0.1, 0.15) is 111 Å². The van der Waals surface area contributed by atoms with Crippen molar-refractivity contribution >= 4 is 206 Å². The van der Waals surface area contributed by atoms with Crippen LogP contribution in [-0.4, -0.2) is 217 Å². The first-order chi connectivity index (χ1) is 71.8. The Hall–Kier alpha value is -17.7. The summed E-state index contributed by atoms with van der Waals surface area (Å²) in [6.45, 7) is 27.7. The molecule has 0 aliphatic heterocycles. The molecule has 3 heterocycles. The lowest BCUT2D eigenvalue weighted by atomic mass is 10.2. The van der Waals surface area contributed by atoms with Crippen LogP contribution in [0.2, 0.25) is 0 Å². The Morgan fingerprint density at radius 2 is 0.480 bits per heavy atom. The molecular weight excluding hydrogens is 2020 g/mol. The lowest BCUT2D eigenvalue weighted by Crippen LogP contribution is -2.22. The lowest BCUT2D eigenvalue weighted by molar-refractivity contribution is -0.156. The number of para-hydroxylation sites is 3. The maximum absolute atomic E-state index is 12.6. The van der Waals surface area contributed by atoms with E-state index in [1.807, 2.05) is 72.8 Å². The smallest absolute Gasteiger partial charge is 0.330 e. The molecule has 9 aromatic rings. The summed E-state index contributed by atoms with van der Waals surface area (Å²) in [4.78, 5) is 229. The molecule has 6 unspecified atom stereocenters. The molecule has 45 nitrogen and oxygen atoms in total. The number of nitrogens with zero attached hydrogens (tertiary/aromatic N) is 6. The molecule has 0 aliphatic carbocycles. The first-order valence-electron chi connectivity index (χ1n) is 45.4. The summed E-state index contributed by atoms with van der Waals surface area (Å²) >= 11 is 4.10. The summed E-state index contributed by atoms with van der Waals surface area (Å²) in [6.07, 6.45) is 1.78. The molecule has 150 heavy (non-hydrogen) atoms. The van der Waals surface area contributed by atoms with Crippen LogP contribution >= 0.6 is 34.0 Å². The fourth-order valence-electron chi connectivity index (χ4n) is 11.3. The number of esters is 18. The van der Waals surface area contributed by atoms with Gasteiger partial charge in [-0.2, -0.15) is 15.3 Å². The molecule has 0 spiro atoms. The lowest BCUT2D eigenvalue weighted by Gasteiger charge is -2.13. The predicted molar refractivity (Wildman–Crippen MR) is 541 cm³/mol. The fraction of sp³-hybridized carbons (Fsp3) is 0.294. The Labute approximate surface area is 868 Å². The van der Waals surface area contributed by atoms with E-state index in [-0.39, 0.29) is 168 Å². The van der Waals surface area contributed by atoms with E-state index in [2.05, 4.69) is 86.0 Å². The molecule has 0 bridgehead atoms. The first-order valence-corrected chi connectivity index (χ1v) is 47.8. The Bertz CT molecular complexity index is 6360. The Morgan fingerprint density at radius 3 is 0.720 bits per heavy atom. The molecule has 3 aromatic heterocycles. The number of hydrogen-bond acceptors (Lipinski definition) is 48. The van der Waals surface area contributed by atoms with Crippen molar-refractivity contribution in [1.82, 2.24) is 15.0 Å². The molecule has 6 aromatic carbocycles. The number of aromatic nitrogens is 3. The second kappa shape index (κ2) is 64.2. The van der Waals surface area contributed by atoms with Gasteiger partial charge in [0.2, 0.25) is 15.4 Å². The van der Waals surface area contributed by atoms with E-state index < -0.39 is 144 Å². The van der Waals surface area contributed by atoms with Crippen LogP contribution in [0.15, 0.2) is 219 Å². The third-order valence-corrected chi connectivity index (χ3v) is 21.1. The Morgan fingerprint density at radius 1 is 0.267 bits per heavy atom. The number of carbonyl (C=O) groups is 18. The van der Waals surface area contributed by atoms with Crippen molar-refractivity contribution in [3.05, 3.63) is 220 Å². The van der Waals surface area contributed by atoms with Crippen LogP contribution in [0.25, 0.3) is 30.6 Å². The van der Waals surface area contributed by atoms with Crippen LogP contribution in [0, 0.1) is 0 Å². The molecule has 9 rings (SSSR count). The normalized spacial score (nSPS) is 11.9. The Balaban J connectivity index is 0.000000304. The quantitative estimate of drug-likeness (QED) is 0.00796. The van der Waals surface area contributed by atoms with Gasteiger partial charge in [-0.25, -0.2) is 43.7 Å². The summed E-state index contributed by atoms with van der Waals surface area (Å²) in [7, 11) is 0. The van der Waals surface area contributed by atoms with Crippen LogP contribution in [0.1, 0.15) is 135 Å². The van der Waals surface area contributed by atoms with Gasteiger partial charge in [0.05, 0.1) is 126 Å². The van der Waals surface area contributed by atoms with E-state index in [4.69, 9.17) is 85.3 Å². The van der Waals surface area contributed by atoms with E-state index in [1.165, 1.54) is 149 Å². The highest BCUT2D eigenvalue weighted by Crippen LogP contribution is 2.32. The SMILES string of the molecule is C=CC(=O)OC(C)COC(=O)CCC(=O)Oc1ccc(OC(=O)CCC(=O)OCC(C)OC(=O)C=C)c(/C=N/Nc2nc3ccccc3s2)c1.C=CC(=O)OCC(C)OC(=O)CCC(=O)Oc1ccc(OC(=O)CCC(=O)OC(C)COC(=O)C=C)c(/C=N/Nc2nc3ccccc3s2)c1.C=CC(=O)OCC(C)OC(=O)CCC(=O)Oc1ccc(OC(=O)CCC(=O)OCC(C)OC(=O)C=C)cc1/C=N/Nc1nc2ccccc2s1. The number of rotatable bonds is 57. The van der Waals surface area contributed by atoms with Crippen molar-refractivity contribution in [3.63, 3.8) is 0 Å². The summed E-state index contributed by atoms with van der Waals surface area (Å²) in [5.41, 5.74) is 11.4. The van der Waals surface area contributed by atoms with Crippen LogP contribution in [0.3, 0.4) is 0 Å². The van der Waals surface area contributed by atoms with Gasteiger partial charge >= 0.3 is 107 Å². The third-order valence-electron chi connectivity index (χ3n) is 18.3. The van der Waals surface area contributed by atoms with E-state index in [1.54, 1.807) is 0 Å². The number of carbonyl (C=O) groups excluding carboxylic acids is 18. The molecule has 6 atom stereocenters. The number of anilines is 3. The summed E-state index contributed by atoms with van der Waals surface area (Å²) in [5, 5.41) is 14.0. The van der Waals surface area contributed by atoms with Crippen molar-refractivity contribution in [3.8, 4) is 34.5 Å². The predicted octanol–water partition coefficient (Wildman–Crippen LogP) is 13.3. The second-order valence-electron chi connectivity index (χ2n) is 30.8. The molecule has 0 fully saturated rings. The molecule has 0 amide bonds. The largest absolute Gasteiger partial charge is 0.462 e. The van der Waals surface area contributed by atoms with Crippen LogP contribution in [0.5, 0.6) is 34.5 Å². The number of fused-ring (bicyclic) bond motifs is 3. The highest BCUT2D eigenvalue weighted by atomic mass is 32.1. The van der Waals surface area contributed by atoms with Gasteiger partial charge in [-0.3, -0.25) is 73.8 Å². The van der Waals surface area contributed by atoms with Crippen molar-refractivity contribution in [2.24, 2.45) is 15.3 Å². The van der Waals surface area contributed by atoms with Gasteiger partial charge in [0.25, 0.3) is 0 Å². The zero-order valence-electron chi connectivity index (χ0n) is 81.9. The number of ether oxygens (including phenoxy) is 18. The van der Waals surface area contributed by atoms with Gasteiger partial charge in [-0.15, -0.1) is 0 Å². The van der Waals surface area contributed by atoms with Crippen LogP contribution in [0.4, 0.5) is 15.4 Å². The highest BCUT2D eigenvalue weighted by molar-refractivity contribution is 7.22. The van der Waals surface area contributed by atoms with Crippen molar-refractivity contribution in [2.75, 3.05) is 55.9 Å². The summed E-state index contributed by atoms with van der Waals surface area (Å²) < 4.78 is 94.9. The van der Waals surface area contributed by atoms with Crippen molar-refractivity contribution in [2.45, 2.75) is 155 Å². The van der Waals surface area contributed by atoms with Crippen LogP contribution < -0.4 is 44.7 Å². The number of hydrogen-bond donors (Lipinski definition) is 3. The van der Waals surface area contributed by atoms with Gasteiger partial charge < -0.3 is 85.3 Å². The topological polar surface area (TPSA) is 585 Å². The minimum atomic E-state index is -0.766. The number of benzene rings is 6. The maximum atomic E-state index is 12.6. The summed E-state index contributed by atoms with van der Waals surface area (Å²) in [6, 6.07) is 34.9. The van der Waals surface area contributed by atoms with E-state index in [9.17, 15) is 86.3 Å². The highest BCUT2D eigenvalue weighted by Gasteiger charge is 2.25. The summed E-state index contributed by atoms with van der Waals surface area (Å²) in [5.74, 6) is -12.4. The van der Waals surface area contributed by atoms with Gasteiger partial charge in [-0.05, 0) is 133 Å². The first kappa shape index (κ1) is 119. The average molecular weight is 2130 g/mol. The van der Waals surface area contributed by atoms with E-state index >= 15 is 0 Å². The van der Waals surface area contributed by atoms with Gasteiger partial charge in [0, 0.05) is 53.1 Å². The molecule has 0 saturated carbocycles. The van der Waals surface area contributed by atoms with E-state index in [0.29, 0.717) is 15.4 Å². The van der Waals surface area contributed by atoms with Crippen LogP contribution in [-0.2, 0) is 143 Å². The minimum absolute atomic E-state index is 0.0393. The monoisotopic (exact) mass is 2130 g/mol. The minimum Gasteiger partial charge on any atom is -0.462 e. The molecule has 0 radical (unpaired) electrons. The van der Waals surface area contributed by atoms with Crippen molar-refractivity contribution < 1.29 is 172 Å². The zero-order chi connectivity index (χ0) is 109. The maximum Gasteiger partial charge on any atom is 0.330 e. The average Bonchev–Trinajstić information content (AvgIpc) is 1.74. The number of nitrogens with one attached hydrogen (secondary N) is 3. The Kier molecular flexibility index (Phi) is 51.1. The molecule has 792 valence electrons. The van der Waals surface area contributed by atoms with E-state index in [0.717, 1.165) is 67.1 Å². The molecule has 0 saturated heterocycles. The standard InChI is InChI=1S/3C34H35N3O12S/c1-5-28(38)46-21(3)19-44-30(40)13-15-32(42)48-24-11-12-26(49-33(43)16-14-31(41)45-20-22(4)47-29(39)6-2)23(17-24)18-35-37-34-36-25-9-7-8-10-27(25)50-34;1-5-28(38)44-19-21(3)46-30(40)13-15-32(42)48-24-11-12-26(49-33(43)16-14-31(41)47-22(4)20-45-29(39)6-2)23(17-24)18-35-37-34-36-25-9-7-8-10-27(25)50-34;1-5-28(38)44-19-22(4)47-31(41)15-16-33(43)49-26-12-11-24(48-32(42)14-13-30(40)45-20-21(3)46-29(39)6-2)17-23(26)18-35-37-34-36-25-9-7-8-10-27(25)50-34/h3*5-12,17-18,21-22H,1-2,13-16,19-20H2,3-4H3,(H,36,37)/b3*35-18+. The second-order valence-corrected chi connectivity index (χ2v) is 33.9. The molecule has 3 N–H and O–H groups in total.